The number of hydrogen-bond acceptors (Lipinski definition) is 3. The molecule has 0 fully saturated rings. The van der Waals surface area contributed by atoms with Crippen LogP contribution in [-0.2, 0) is 11.2 Å². The molecule has 1 aromatic rings. The van der Waals surface area contributed by atoms with Gasteiger partial charge in [-0.2, -0.15) is 0 Å². The van der Waals surface area contributed by atoms with Gasteiger partial charge in [0.15, 0.2) is 5.78 Å². The molecule has 1 aliphatic rings. The zero-order valence-electron chi connectivity index (χ0n) is 9.66. The molecule has 0 N–H and O–H groups in total. The van der Waals surface area contributed by atoms with Crippen molar-refractivity contribution in [3.05, 3.63) is 29.3 Å². The van der Waals surface area contributed by atoms with Crippen molar-refractivity contribution in [3.63, 3.8) is 0 Å². The lowest BCUT2D eigenvalue weighted by Crippen LogP contribution is -2.16. The van der Waals surface area contributed by atoms with Gasteiger partial charge in [-0.3, -0.25) is 4.79 Å². The van der Waals surface area contributed by atoms with Crippen LogP contribution in [0.2, 0.25) is 0 Å². The van der Waals surface area contributed by atoms with Crippen molar-refractivity contribution >= 4 is 5.78 Å². The van der Waals surface area contributed by atoms with Gasteiger partial charge in [0.05, 0.1) is 6.10 Å². The summed E-state index contributed by atoms with van der Waals surface area (Å²) in [7, 11) is 1.66. The standard InChI is InChI=1S/C13H16O3/c1-9(15-2)8-16-13-5-3-4-10-11(13)6-7-12(10)14/h3-5,9H,6-8H2,1-2H3. The van der Waals surface area contributed by atoms with Gasteiger partial charge in [0.1, 0.15) is 12.4 Å². The number of ketones is 1. The Morgan fingerprint density at radius 3 is 2.94 bits per heavy atom. The van der Waals surface area contributed by atoms with Crippen LogP contribution >= 0.6 is 0 Å². The Labute approximate surface area is 95.4 Å². The number of ether oxygens (including phenoxy) is 2. The maximum Gasteiger partial charge on any atom is 0.163 e. The van der Waals surface area contributed by atoms with Gasteiger partial charge in [-0.05, 0) is 19.4 Å². The number of carbonyl (C=O) groups is 1. The molecule has 3 heteroatoms. The van der Waals surface area contributed by atoms with Crippen molar-refractivity contribution in [1.29, 1.82) is 0 Å². The van der Waals surface area contributed by atoms with E-state index in [2.05, 4.69) is 0 Å². The van der Waals surface area contributed by atoms with E-state index >= 15 is 0 Å². The van der Waals surface area contributed by atoms with Crippen LogP contribution in [0.4, 0.5) is 0 Å². The largest absolute Gasteiger partial charge is 0.491 e. The third kappa shape index (κ3) is 2.09. The van der Waals surface area contributed by atoms with Crippen LogP contribution in [0.5, 0.6) is 5.75 Å². The van der Waals surface area contributed by atoms with Gasteiger partial charge in [-0.15, -0.1) is 0 Å². The predicted octanol–water partition coefficient (Wildman–Crippen LogP) is 2.23. The fraction of sp³-hybridized carbons (Fsp3) is 0.462. The molecule has 1 aliphatic carbocycles. The third-order valence-electron chi connectivity index (χ3n) is 2.91. The molecule has 0 amide bonds. The Morgan fingerprint density at radius 2 is 2.19 bits per heavy atom. The van der Waals surface area contributed by atoms with Crippen LogP contribution in [-0.4, -0.2) is 25.6 Å². The minimum absolute atomic E-state index is 0.0629. The molecule has 86 valence electrons. The van der Waals surface area contributed by atoms with Gasteiger partial charge in [-0.25, -0.2) is 0 Å². The van der Waals surface area contributed by atoms with Crippen LogP contribution in [0.3, 0.4) is 0 Å². The monoisotopic (exact) mass is 220 g/mol. The average Bonchev–Trinajstić information content (AvgIpc) is 2.69. The first-order valence-corrected chi connectivity index (χ1v) is 5.53. The summed E-state index contributed by atoms with van der Waals surface area (Å²) in [5.41, 5.74) is 1.87. The number of Topliss-reactive ketones (excluding diaryl/α,β-unsaturated/α-hetero) is 1. The number of carbonyl (C=O) groups excluding carboxylic acids is 1. The van der Waals surface area contributed by atoms with Gasteiger partial charge in [-0.1, -0.05) is 12.1 Å². The van der Waals surface area contributed by atoms with Crippen molar-refractivity contribution in [1.82, 2.24) is 0 Å². The Kier molecular flexibility index (Phi) is 3.25. The molecule has 0 bridgehead atoms. The van der Waals surface area contributed by atoms with Crippen LogP contribution in [0.1, 0.15) is 29.3 Å². The van der Waals surface area contributed by atoms with Crippen LogP contribution in [0.25, 0.3) is 0 Å². The molecule has 0 heterocycles. The molecule has 2 rings (SSSR count). The van der Waals surface area contributed by atoms with E-state index in [0.717, 1.165) is 23.3 Å². The summed E-state index contributed by atoms with van der Waals surface area (Å²) in [4.78, 5) is 11.5. The van der Waals surface area contributed by atoms with Gasteiger partial charge in [0, 0.05) is 24.7 Å². The highest BCUT2D eigenvalue weighted by Crippen LogP contribution is 2.30. The van der Waals surface area contributed by atoms with Crippen molar-refractivity contribution in [2.75, 3.05) is 13.7 Å². The molecule has 0 aromatic heterocycles. The molecular formula is C13H16O3. The maximum atomic E-state index is 11.5. The van der Waals surface area contributed by atoms with E-state index in [4.69, 9.17) is 9.47 Å². The molecule has 0 spiro atoms. The normalized spacial score (nSPS) is 16.0. The lowest BCUT2D eigenvalue weighted by atomic mass is 10.1. The summed E-state index contributed by atoms with van der Waals surface area (Å²) in [6, 6.07) is 5.66. The van der Waals surface area contributed by atoms with Crippen LogP contribution < -0.4 is 4.74 Å². The Morgan fingerprint density at radius 1 is 1.38 bits per heavy atom. The molecule has 0 aliphatic heterocycles. The summed E-state index contributed by atoms with van der Waals surface area (Å²) in [6.45, 7) is 2.47. The zero-order valence-corrected chi connectivity index (χ0v) is 9.66. The Bertz CT molecular complexity index is 398. The lowest BCUT2D eigenvalue weighted by molar-refractivity contribution is 0.0713. The van der Waals surface area contributed by atoms with Crippen LogP contribution in [0.15, 0.2) is 18.2 Å². The number of hydrogen-bond donors (Lipinski definition) is 0. The maximum absolute atomic E-state index is 11.5. The number of fused-ring (bicyclic) bond motifs is 1. The Hall–Kier alpha value is -1.35. The second-order valence-electron chi connectivity index (χ2n) is 4.06. The second kappa shape index (κ2) is 4.66. The SMILES string of the molecule is COC(C)COc1cccc2c1CCC2=O. The van der Waals surface area contributed by atoms with Gasteiger partial charge in [0.25, 0.3) is 0 Å². The molecule has 0 saturated carbocycles. The van der Waals surface area contributed by atoms with Crippen molar-refractivity contribution in [3.8, 4) is 5.75 Å². The number of methoxy groups -OCH3 is 1. The average molecular weight is 220 g/mol. The summed E-state index contributed by atoms with van der Waals surface area (Å²) in [5.74, 6) is 1.05. The topological polar surface area (TPSA) is 35.5 Å². The predicted molar refractivity (Wildman–Crippen MR) is 61.1 cm³/mol. The van der Waals surface area contributed by atoms with Crippen LogP contribution in [0, 0.1) is 0 Å². The molecule has 1 unspecified atom stereocenters. The summed E-state index contributed by atoms with van der Waals surface area (Å²) in [5, 5.41) is 0. The summed E-state index contributed by atoms with van der Waals surface area (Å²) in [6.07, 6.45) is 1.47. The highest BCUT2D eigenvalue weighted by Gasteiger charge is 2.22. The summed E-state index contributed by atoms with van der Waals surface area (Å²) >= 11 is 0. The van der Waals surface area contributed by atoms with Gasteiger partial charge < -0.3 is 9.47 Å². The van der Waals surface area contributed by atoms with E-state index in [1.807, 2.05) is 25.1 Å². The van der Waals surface area contributed by atoms with Crippen molar-refractivity contribution < 1.29 is 14.3 Å². The third-order valence-corrected chi connectivity index (χ3v) is 2.91. The first-order chi connectivity index (χ1) is 7.72. The highest BCUT2D eigenvalue weighted by atomic mass is 16.5. The quantitative estimate of drug-likeness (QED) is 0.780. The fourth-order valence-electron chi connectivity index (χ4n) is 1.87. The minimum atomic E-state index is 0.0629. The van der Waals surface area contributed by atoms with E-state index in [-0.39, 0.29) is 11.9 Å². The van der Waals surface area contributed by atoms with Crippen molar-refractivity contribution in [2.24, 2.45) is 0 Å². The molecule has 0 radical (unpaired) electrons. The first-order valence-electron chi connectivity index (χ1n) is 5.53. The molecule has 1 aromatic carbocycles. The van der Waals surface area contributed by atoms with E-state index in [0.29, 0.717) is 13.0 Å². The Balaban J connectivity index is 2.14. The van der Waals surface area contributed by atoms with E-state index in [1.54, 1.807) is 7.11 Å². The number of rotatable bonds is 4. The van der Waals surface area contributed by atoms with E-state index in [9.17, 15) is 4.79 Å². The molecule has 3 nitrogen and oxygen atoms in total. The second-order valence-corrected chi connectivity index (χ2v) is 4.06. The van der Waals surface area contributed by atoms with E-state index < -0.39 is 0 Å². The first kappa shape index (κ1) is 11.1. The fourth-order valence-corrected chi connectivity index (χ4v) is 1.87. The van der Waals surface area contributed by atoms with E-state index in [1.165, 1.54) is 0 Å². The van der Waals surface area contributed by atoms with Gasteiger partial charge >= 0.3 is 0 Å². The van der Waals surface area contributed by atoms with Crippen molar-refractivity contribution in [2.45, 2.75) is 25.9 Å². The lowest BCUT2D eigenvalue weighted by Gasteiger charge is -2.13. The minimum Gasteiger partial charge on any atom is -0.491 e. The smallest absolute Gasteiger partial charge is 0.163 e. The molecule has 0 saturated heterocycles. The zero-order chi connectivity index (χ0) is 11.5. The highest BCUT2D eigenvalue weighted by molar-refractivity contribution is 6.01. The molecular weight excluding hydrogens is 204 g/mol. The molecule has 1 atom stereocenters. The number of benzene rings is 1. The molecule has 16 heavy (non-hydrogen) atoms. The van der Waals surface area contributed by atoms with Gasteiger partial charge in [0.2, 0.25) is 0 Å². The summed E-state index contributed by atoms with van der Waals surface area (Å²) < 4.78 is 10.8.